The average Bonchev–Trinajstić information content (AvgIpc) is 2.50. The predicted molar refractivity (Wildman–Crippen MR) is 87.7 cm³/mol. The summed E-state index contributed by atoms with van der Waals surface area (Å²) in [4.78, 5) is 0. The van der Waals surface area contributed by atoms with Gasteiger partial charge in [-0.25, -0.2) is 0 Å². The van der Waals surface area contributed by atoms with Crippen molar-refractivity contribution in [3.8, 4) is 5.75 Å². The fraction of sp³-hybridized carbons (Fsp3) is 0.684. The van der Waals surface area contributed by atoms with Crippen LogP contribution in [0.15, 0.2) is 24.3 Å². The molecule has 1 fully saturated rings. The number of hydrogen-bond acceptors (Lipinski definition) is 2. The van der Waals surface area contributed by atoms with Crippen molar-refractivity contribution in [1.82, 2.24) is 0 Å². The van der Waals surface area contributed by atoms with Crippen LogP contribution in [-0.2, 0) is 6.42 Å². The zero-order valence-electron chi connectivity index (χ0n) is 13.6. The van der Waals surface area contributed by atoms with Crippen LogP contribution in [0.4, 0.5) is 0 Å². The highest BCUT2D eigenvalue weighted by Crippen LogP contribution is 2.31. The van der Waals surface area contributed by atoms with Crippen LogP contribution in [-0.4, -0.2) is 17.3 Å². The van der Waals surface area contributed by atoms with E-state index in [0.29, 0.717) is 5.92 Å². The van der Waals surface area contributed by atoms with E-state index in [2.05, 4.69) is 38.1 Å². The molecule has 0 bridgehead atoms. The van der Waals surface area contributed by atoms with Crippen molar-refractivity contribution in [1.29, 1.82) is 0 Å². The van der Waals surface area contributed by atoms with Crippen molar-refractivity contribution in [2.45, 2.75) is 77.4 Å². The zero-order chi connectivity index (χ0) is 15.1. The second kappa shape index (κ2) is 8.43. The summed E-state index contributed by atoms with van der Waals surface area (Å²) in [6.45, 7) is 4.45. The molecule has 0 amide bonds. The normalized spacial score (nSPS) is 25.8. The highest BCUT2D eigenvalue weighted by molar-refractivity contribution is 5.27. The summed E-state index contributed by atoms with van der Waals surface area (Å²) in [6.07, 6.45) is 8.76. The van der Waals surface area contributed by atoms with Gasteiger partial charge in [-0.3, -0.25) is 0 Å². The van der Waals surface area contributed by atoms with Crippen molar-refractivity contribution in [3.63, 3.8) is 0 Å². The summed E-state index contributed by atoms with van der Waals surface area (Å²) in [5.41, 5.74) is 1.37. The van der Waals surface area contributed by atoms with E-state index in [4.69, 9.17) is 4.74 Å². The van der Waals surface area contributed by atoms with Gasteiger partial charge in [-0.15, -0.1) is 0 Å². The Kier molecular flexibility index (Phi) is 6.56. The molecule has 1 aliphatic rings. The lowest BCUT2D eigenvalue weighted by Crippen LogP contribution is -2.38. The number of rotatable bonds is 7. The van der Waals surface area contributed by atoms with Gasteiger partial charge in [0, 0.05) is 0 Å². The lowest BCUT2D eigenvalue weighted by molar-refractivity contribution is -0.0117. The molecule has 2 nitrogen and oxygen atoms in total. The molecule has 0 radical (unpaired) electrons. The standard InChI is InChI=1S/C19H30O2/c1-3-5-7-15-8-11-17(12-9-15)21-19-14-16(6-4-2)10-13-18(19)20/h8-9,11-12,16,18-20H,3-7,10,13-14H2,1-2H3. The van der Waals surface area contributed by atoms with E-state index in [1.54, 1.807) is 0 Å². The Morgan fingerprint density at radius 2 is 1.86 bits per heavy atom. The first kappa shape index (κ1) is 16.4. The number of aryl methyl sites for hydroxylation is 1. The highest BCUT2D eigenvalue weighted by Gasteiger charge is 2.30. The third-order valence-corrected chi connectivity index (χ3v) is 4.59. The molecule has 2 heteroatoms. The monoisotopic (exact) mass is 290 g/mol. The lowest BCUT2D eigenvalue weighted by atomic mass is 9.83. The first-order valence-corrected chi connectivity index (χ1v) is 8.66. The molecule has 21 heavy (non-hydrogen) atoms. The Hall–Kier alpha value is -1.02. The number of ether oxygens (including phenoxy) is 1. The van der Waals surface area contributed by atoms with Crippen LogP contribution in [0.2, 0.25) is 0 Å². The minimum Gasteiger partial charge on any atom is -0.488 e. The average molecular weight is 290 g/mol. The van der Waals surface area contributed by atoms with E-state index in [1.165, 1.54) is 31.2 Å². The van der Waals surface area contributed by atoms with Crippen LogP contribution in [0.3, 0.4) is 0 Å². The first-order chi connectivity index (χ1) is 10.2. The summed E-state index contributed by atoms with van der Waals surface area (Å²) in [7, 11) is 0. The van der Waals surface area contributed by atoms with Gasteiger partial charge >= 0.3 is 0 Å². The van der Waals surface area contributed by atoms with Gasteiger partial charge in [0.2, 0.25) is 0 Å². The second-order valence-corrected chi connectivity index (χ2v) is 6.44. The number of benzene rings is 1. The van der Waals surface area contributed by atoms with E-state index in [0.717, 1.165) is 31.4 Å². The summed E-state index contributed by atoms with van der Waals surface area (Å²) >= 11 is 0. The van der Waals surface area contributed by atoms with Crippen LogP contribution in [0, 0.1) is 5.92 Å². The van der Waals surface area contributed by atoms with Crippen molar-refractivity contribution in [2.75, 3.05) is 0 Å². The van der Waals surface area contributed by atoms with Crippen molar-refractivity contribution >= 4 is 0 Å². The van der Waals surface area contributed by atoms with Gasteiger partial charge in [0.15, 0.2) is 0 Å². The van der Waals surface area contributed by atoms with E-state index >= 15 is 0 Å². The van der Waals surface area contributed by atoms with Crippen LogP contribution in [0.25, 0.3) is 0 Å². The largest absolute Gasteiger partial charge is 0.488 e. The highest BCUT2D eigenvalue weighted by atomic mass is 16.5. The number of hydrogen-bond donors (Lipinski definition) is 1. The Labute approximate surface area is 129 Å². The van der Waals surface area contributed by atoms with Gasteiger partial charge in [-0.1, -0.05) is 45.2 Å². The summed E-state index contributed by atoms with van der Waals surface area (Å²) < 4.78 is 6.05. The molecule has 1 saturated carbocycles. The maximum atomic E-state index is 10.2. The smallest absolute Gasteiger partial charge is 0.125 e. The molecule has 118 valence electrons. The van der Waals surface area contributed by atoms with Crippen LogP contribution in [0.5, 0.6) is 5.75 Å². The predicted octanol–water partition coefficient (Wildman–Crippen LogP) is 4.74. The SMILES string of the molecule is CCCCc1ccc(OC2CC(CCC)CCC2O)cc1. The van der Waals surface area contributed by atoms with Gasteiger partial charge < -0.3 is 9.84 Å². The minimum atomic E-state index is -0.308. The molecular formula is C19H30O2. The van der Waals surface area contributed by atoms with E-state index in [9.17, 15) is 5.11 Å². The molecule has 1 aromatic carbocycles. The van der Waals surface area contributed by atoms with Crippen LogP contribution < -0.4 is 4.74 Å². The van der Waals surface area contributed by atoms with Gasteiger partial charge in [0.1, 0.15) is 11.9 Å². The van der Waals surface area contributed by atoms with Crippen molar-refractivity contribution < 1.29 is 9.84 Å². The van der Waals surface area contributed by atoms with Gasteiger partial charge in [-0.2, -0.15) is 0 Å². The van der Waals surface area contributed by atoms with Gasteiger partial charge in [-0.05, 0) is 55.7 Å². The maximum Gasteiger partial charge on any atom is 0.125 e. The summed E-state index contributed by atoms with van der Waals surface area (Å²) in [5.74, 6) is 1.61. The number of aliphatic hydroxyl groups is 1. The molecule has 2 rings (SSSR count). The quantitative estimate of drug-likeness (QED) is 0.786. The van der Waals surface area contributed by atoms with E-state index < -0.39 is 0 Å². The topological polar surface area (TPSA) is 29.5 Å². The van der Waals surface area contributed by atoms with Gasteiger partial charge in [0.25, 0.3) is 0 Å². The van der Waals surface area contributed by atoms with Crippen LogP contribution in [0.1, 0.15) is 64.4 Å². The Morgan fingerprint density at radius 3 is 2.52 bits per heavy atom. The molecule has 1 aliphatic carbocycles. The molecule has 0 aliphatic heterocycles. The van der Waals surface area contributed by atoms with E-state index in [1.807, 2.05) is 0 Å². The van der Waals surface area contributed by atoms with Crippen molar-refractivity contribution in [3.05, 3.63) is 29.8 Å². The third-order valence-electron chi connectivity index (χ3n) is 4.59. The molecule has 0 aromatic heterocycles. The first-order valence-electron chi connectivity index (χ1n) is 8.66. The van der Waals surface area contributed by atoms with Crippen LogP contribution >= 0.6 is 0 Å². The fourth-order valence-corrected chi connectivity index (χ4v) is 3.28. The molecule has 3 atom stereocenters. The maximum absolute atomic E-state index is 10.2. The summed E-state index contributed by atoms with van der Waals surface area (Å²) in [5, 5.41) is 10.2. The molecule has 0 heterocycles. The number of aliphatic hydroxyl groups excluding tert-OH is 1. The minimum absolute atomic E-state index is 0.0307. The number of unbranched alkanes of at least 4 members (excludes halogenated alkanes) is 1. The Morgan fingerprint density at radius 1 is 1.10 bits per heavy atom. The second-order valence-electron chi connectivity index (χ2n) is 6.44. The van der Waals surface area contributed by atoms with E-state index in [-0.39, 0.29) is 12.2 Å². The molecular weight excluding hydrogens is 260 g/mol. The zero-order valence-corrected chi connectivity index (χ0v) is 13.6. The molecule has 0 saturated heterocycles. The van der Waals surface area contributed by atoms with Gasteiger partial charge in [0.05, 0.1) is 6.10 Å². The molecule has 3 unspecified atom stereocenters. The fourth-order valence-electron chi connectivity index (χ4n) is 3.28. The molecule has 1 aromatic rings. The Bertz CT molecular complexity index is 399. The molecule has 0 spiro atoms. The van der Waals surface area contributed by atoms with Crippen molar-refractivity contribution in [2.24, 2.45) is 5.92 Å². The molecule has 1 N–H and O–H groups in total. The third kappa shape index (κ3) is 5.03. The summed E-state index contributed by atoms with van der Waals surface area (Å²) in [6, 6.07) is 8.43. The lowest BCUT2D eigenvalue weighted by Gasteiger charge is -2.33. The Balaban J connectivity index is 1.89.